The van der Waals surface area contributed by atoms with Gasteiger partial charge in [0.2, 0.25) is 0 Å². The summed E-state index contributed by atoms with van der Waals surface area (Å²) in [6.45, 7) is 0.0177. The molecule has 5 aromatic rings. The van der Waals surface area contributed by atoms with Crippen LogP contribution in [0.2, 0.25) is 0 Å². The molecule has 0 spiro atoms. The number of carbonyl (C=O) groups excluding carboxylic acids is 1. The zero-order chi connectivity index (χ0) is 23.8. The minimum Gasteiger partial charge on any atom is -0.482 e. The summed E-state index contributed by atoms with van der Waals surface area (Å²) in [5.41, 5.74) is 4.71. The van der Waals surface area contributed by atoms with Crippen LogP contribution in [-0.4, -0.2) is 27.3 Å². The summed E-state index contributed by atoms with van der Waals surface area (Å²) in [6.07, 6.45) is 0. The lowest BCUT2D eigenvalue weighted by molar-refractivity contribution is -0.118. The topological polar surface area (TPSA) is 81.1 Å². The van der Waals surface area contributed by atoms with Gasteiger partial charge < -0.3 is 15.4 Å². The van der Waals surface area contributed by atoms with Crippen LogP contribution in [0.15, 0.2) is 84.2 Å². The Morgan fingerprint density at radius 3 is 2.63 bits per heavy atom. The average Bonchev–Trinajstić information content (AvgIpc) is 3.52. The second-order valence-corrected chi connectivity index (χ2v) is 8.74. The van der Waals surface area contributed by atoms with E-state index in [-0.39, 0.29) is 18.3 Å². The van der Waals surface area contributed by atoms with E-state index < -0.39 is 0 Å². The van der Waals surface area contributed by atoms with Crippen LogP contribution in [0.5, 0.6) is 5.75 Å². The molecular formula is C26H18FN5O2S. The first-order valence-electron chi connectivity index (χ1n) is 10.8. The number of fused-ring (bicyclic) bond motifs is 1. The Morgan fingerprint density at radius 2 is 1.80 bits per heavy atom. The van der Waals surface area contributed by atoms with E-state index in [9.17, 15) is 9.18 Å². The van der Waals surface area contributed by atoms with Crippen molar-refractivity contribution in [2.75, 3.05) is 17.2 Å². The van der Waals surface area contributed by atoms with Crippen LogP contribution in [0, 0.1) is 5.82 Å². The van der Waals surface area contributed by atoms with Gasteiger partial charge in [0, 0.05) is 22.6 Å². The van der Waals surface area contributed by atoms with Gasteiger partial charge in [0.1, 0.15) is 17.4 Å². The van der Waals surface area contributed by atoms with E-state index >= 15 is 0 Å². The fourth-order valence-electron chi connectivity index (χ4n) is 3.81. The molecule has 1 amide bonds. The van der Waals surface area contributed by atoms with Gasteiger partial charge in [0.25, 0.3) is 5.91 Å². The van der Waals surface area contributed by atoms with Crippen LogP contribution >= 0.6 is 11.3 Å². The van der Waals surface area contributed by atoms with Gasteiger partial charge in [-0.25, -0.2) is 14.1 Å². The number of halogens is 1. The summed E-state index contributed by atoms with van der Waals surface area (Å²) in [7, 11) is 0. The number of hydrogen-bond acceptors (Lipinski definition) is 6. The van der Waals surface area contributed by atoms with Crippen LogP contribution in [0.3, 0.4) is 0 Å². The third-order valence-electron chi connectivity index (χ3n) is 5.50. The Balaban J connectivity index is 1.33. The van der Waals surface area contributed by atoms with Crippen molar-refractivity contribution in [2.24, 2.45) is 0 Å². The van der Waals surface area contributed by atoms with E-state index in [0.717, 1.165) is 28.2 Å². The number of nitrogens with one attached hydrogen (secondary N) is 2. The summed E-state index contributed by atoms with van der Waals surface area (Å²) in [5, 5.41) is 13.5. The van der Waals surface area contributed by atoms with Crippen LogP contribution in [0.1, 0.15) is 0 Å². The number of ether oxygens (including phenoxy) is 1. The number of anilines is 3. The molecule has 0 bridgehead atoms. The minimum atomic E-state index is -0.310. The third-order valence-corrected chi connectivity index (χ3v) is 6.26. The fourth-order valence-corrected chi connectivity index (χ4v) is 4.54. The molecule has 6 rings (SSSR count). The van der Waals surface area contributed by atoms with Crippen molar-refractivity contribution < 1.29 is 13.9 Å². The number of rotatable bonds is 5. The van der Waals surface area contributed by atoms with Crippen molar-refractivity contribution >= 4 is 33.9 Å². The maximum absolute atomic E-state index is 13.5. The van der Waals surface area contributed by atoms with Crippen molar-refractivity contribution in [3.63, 3.8) is 0 Å². The standard InChI is InChI=1S/C26H18FN5O2S/c27-18-7-9-19(10-8-18)32-24(13-20(31-32)16-4-2-1-3-5-16)30-26-29-22(15-35-26)17-6-11-23-21(12-17)28-25(33)14-34-23/h1-13,15H,14H2,(H,28,33)(H,29,30). The number of carbonyl (C=O) groups is 1. The first-order chi connectivity index (χ1) is 17.1. The normalized spacial score (nSPS) is 12.5. The molecule has 0 unspecified atom stereocenters. The van der Waals surface area contributed by atoms with Gasteiger partial charge in [-0.05, 0) is 42.5 Å². The molecule has 0 radical (unpaired) electrons. The monoisotopic (exact) mass is 483 g/mol. The molecule has 172 valence electrons. The lowest BCUT2D eigenvalue weighted by Crippen LogP contribution is -2.25. The molecule has 9 heteroatoms. The zero-order valence-corrected chi connectivity index (χ0v) is 19.1. The van der Waals surface area contributed by atoms with E-state index in [0.29, 0.717) is 22.4 Å². The molecule has 2 N–H and O–H groups in total. The van der Waals surface area contributed by atoms with E-state index in [2.05, 4.69) is 10.6 Å². The van der Waals surface area contributed by atoms with Crippen LogP contribution in [0.4, 0.5) is 21.0 Å². The lowest BCUT2D eigenvalue weighted by Gasteiger charge is -2.18. The van der Waals surface area contributed by atoms with Crippen molar-refractivity contribution in [1.82, 2.24) is 14.8 Å². The minimum absolute atomic E-state index is 0.0177. The maximum Gasteiger partial charge on any atom is 0.262 e. The molecule has 3 heterocycles. The molecule has 0 fully saturated rings. The molecule has 0 atom stereocenters. The molecular weight excluding hydrogens is 465 g/mol. The smallest absolute Gasteiger partial charge is 0.262 e. The predicted molar refractivity (Wildman–Crippen MR) is 134 cm³/mol. The SMILES string of the molecule is O=C1COc2ccc(-c3csc(Nc4cc(-c5ccccc5)nn4-c4ccc(F)cc4)n3)cc2N1. The molecule has 0 aliphatic carbocycles. The molecule has 7 nitrogen and oxygen atoms in total. The van der Waals surface area contributed by atoms with Crippen molar-refractivity contribution in [1.29, 1.82) is 0 Å². The fraction of sp³-hybridized carbons (Fsp3) is 0.0385. The summed E-state index contributed by atoms with van der Waals surface area (Å²) in [4.78, 5) is 16.4. The Hall–Kier alpha value is -4.50. The summed E-state index contributed by atoms with van der Waals surface area (Å²) in [5.74, 6) is 0.842. The quantitative estimate of drug-likeness (QED) is 0.326. The first kappa shape index (κ1) is 21.1. The predicted octanol–water partition coefficient (Wildman–Crippen LogP) is 5.88. The average molecular weight is 484 g/mol. The van der Waals surface area contributed by atoms with Crippen molar-refractivity contribution in [2.45, 2.75) is 0 Å². The highest BCUT2D eigenvalue weighted by Gasteiger charge is 2.18. The molecule has 0 saturated heterocycles. The Bertz CT molecular complexity index is 1530. The van der Waals surface area contributed by atoms with Crippen LogP contribution < -0.4 is 15.4 Å². The summed E-state index contributed by atoms with van der Waals surface area (Å²) < 4.78 is 20.7. The summed E-state index contributed by atoms with van der Waals surface area (Å²) in [6, 6.07) is 23.5. The van der Waals surface area contributed by atoms with Gasteiger partial charge in [-0.3, -0.25) is 4.79 Å². The highest BCUT2D eigenvalue weighted by Crippen LogP contribution is 2.35. The third kappa shape index (κ3) is 4.24. The molecule has 1 aliphatic heterocycles. The van der Waals surface area contributed by atoms with Gasteiger partial charge in [-0.1, -0.05) is 30.3 Å². The summed E-state index contributed by atoms with van der Waals surface area (Å²) >= 11 is 1.45. The van der Waals surface area contributed by atoms with Gasteiger partial charge in [0.05, 0.1) is 22.8 Å². The van der Waals surface area contributed by atoms with Gasteiger partial charge in [-0.2, -0.15) is 5.10 Å². The Labute approximate surface area is 203 Å². The van der Waals surface area contributed by atoms with E-state index in [1.54, 1.807) is 16.8 Å². The van der Waals surface area contributed by atoms with Gasteiger partial charge in [0.15, 0.2) is 11.7 Å². The van der Waals surface area contributed by atoms with E-state index in [1.165, 1.54) is 23.5 Å². The number of amides is 1. The van der Waals surface area contributed by atoms with Gasteiger partial charge in [-0.15, -0.1) is 11.3 Å². The van der Waals surface area contributed by atoms with Crippen molar-refractivity contribution in [3.05, 3.63) is 90.1 Å². The number of nitrogens with zero attached hydrogens (tertiary/aromatic N) is 3. The number of benzene rings is 3. The highest BCUT2D eigenvalue weighted by molar-refractivity contribution is 7.14. The van der Waals surface area contributed by atoms with Crippen molar-refractivity contribution in [3.8, 4) is 34.0 Å². The molecule has 3 aromatic carbocycles. The number of hydrogen-bond donors (Lipinski definition) is 2. The Morgan fingerprint density at radius 1 is 0.971 bits per heavy atom. The van der Waals surface area contributed by atoms with Gasteiger partial charge >= 0.3 is 0 Å². The highest BCUT2D eigenvalue weighted by atomic mass is 32.1. The van der Waals surface area contributed by atoms with E-state index in [1.807, 2.05) is 60.0 Å². The maximum atomic E-state index is 13.5. The number of thiazole rings is 1. The molecule has 2 aromatic heterocycles. The van der Waals surface area contributed by atoms with Crippen LogP contribution in [0.25, 0.3) is 28.2 Å². The first-order valence-corrected chi connectivity index (χ1v) is 11.7. The molecule has 0 saturated carbocycles. The lowest BCUT2D eigenvalue weighted by atomic mass is 10.1. The number of aromatic nitrogens is 3. The molecule has 35 heavy (non-hydrogen) atoms. The zero-order valence-electron chi connectivity index (χ0n) is 18.2. The van der Waals surface area contributed by atoms with E-state index in [4.69, 9.17) is 14.8 Å². The Kier molecular flexibility index (Phi) is 5.23. The molecule has 1 aliphatic rings. The second kappa shape index (κ2) is 8.69. The largest absolute Gasteiger partial charge is 0.482 e. The van der Waals surface area contributed by atoms with Crippen LogP contribution in [-0.2, 0) is 4.79 Å². The second-order valence-electron chi connectivity index (χ2n) is 7.88.